The molecule has 3 heterocycles. The van der Waals surface area contributed by atoms with Gasteiger partial charge in [0.2, 0.25) is 5.91 Å². The minimum atomic E-state index is 0.261. The van der Waals surface area contributed by atoms with Crippen molar-refractivity contribution in [3.05, 3.63) is 65.9 Å². The highest BCUT2D eigenvalue weighted by molar-refractivity contribution is 5.88. The second kappa shape index (κ2) is 11.7. The fraction of sp³-hybridized carbons (Fsp3) is 0.531. The molecule has 0 aliphatic carbocycles. The first-order chi connectivity index (χ1) is 18.0. The van der Waals surface area contributed by atoms with Crippen LogP contribution in [-0.2, 0) is 17.6 Å². The molecule has 1 fully saturated rings. The molecule has 1 spiro atoms. The fourth-order valence-corrected chi connectivity index (χ4v) is 6.45. The van der Waals surface area contributed by atoms with Crippen LogP contribution in [0.2, 0.25) is 0 Å². The molecule has 2 aliphatic heterocycles. The van der Waals surface area contributed by atoms with E-state index in [1.54, 1.807) is 0 Å². The van der Waals surface area contributed by atoms with Gasteiger partial charge in [0, 0.05) is 49.8 Å². The molecule has 5 heteroatoms. The van der Waals surface area contributed by atoms with E-state index < -0.39 is 0 Å². The lowest BCUT2D eigenvalue weighted by Gasteiger charge is -2.45. The molecule has 0 saturated carbocycles. The molecule has 1 N–H and O–H groups in total. The molecule has 5 rings (SSSR count). The van der Waals surface area contributed by atoms with E-state index in [2.05, 4.69) is 65.0 Å². The molecule has 0 unspecified atom stereocenters. The smallest absolute Gasteiger partial charge is 0.227 e. The van der Waals surface area contributed by atoms with Crippen LogP contribution in [0.5, 0.6) is 5.75 Å². The number of hydrogen-bond donors (Lipinski definition) is 1. The van der Waals surface area contributed by atoms with E-state index in [1.165, 1.54) is 24.8 Å². The summed E-state index contributed by atoms with van der Waals surface area (Å²) in [7, 11) is 0. The number of ether oxygens (including phenoxy) is 1. The van der Waals surface area contributed by atoms with Crippen LogP contribution in [-0.4, -0.2) is 60.0 Å². The highest BCUT2D eigenvalue weighted by Crippen LogP contribution is 2.39. The van der Waals surface area contributed by atoms with Crippen LogP contribution in [0, 0.1) is 11.3 Å². The lowest BCUT2D eigenvalue weighted by Crippen LogP contribution is -2.49. The fourth-order valence-electron chi connectivity index (χ4n) is 6.45. The molecular weight excluding hydrogens is 458 g/mol. The Morgan fingerprint density at radius 1 is 1.00 bits per heavy atom. The molecule has 5 nitrogen and oxygen atoms in total. The summed E-state index contributed by atoms with van der Waals surface area (Å²) in [4.78, 5) is 21.4. The van der Waals surface area contributed by atoms with Crippen LogP contribution in [0.25, 0.3) is 10.9 Å². The number of nitrogens with one attached hydrogen (secondary N) is 1. The van der Waals surface area contributed by atoms with E-state index in [9.17, 15) is 4.79 Å². The number of amides is 1. The number of benzene rings is 2. The summed E-state index contributed by atoms with van der Waals surface area (Å²) >= 11 is 0. The maximum atomic E-state index is 13.3. The van der Waals surface area contributed by atoms with Gasteiger partial charge in [0.05, 0.1) is 6.42 Å². The van der Waals surface area contributed by atoms with Crippen molar-refractivity contribution in [3.8, 4) is 5.75 Å². The SMILES string of the molecule is CC(C)CN1CCOc2ccccc2CCCCC2(CCN(C(=O)Cc3c[nH]c4ccccc34)CC2)C1. The third-order valence-electron chi connectivity index (χ3n) is 8.42. The monoisotopic (exact) mass is 501 g/mol. The molecule has 0 radical (unpaired) electrons. The highest BCUT2D eigenvalue weighted by Gasteiger charge is 2.37. The van der Waals surface area contributed by atoms with Gasteiger partial charge in [-0.25, -0.2) is 0 Å². The van der Waals surface area contributed by atoms with Crippen LogP contribution in [0.3, 0.4) is 0 Å². The van der Waals surface area contributed by atoms with Gasteiger partial charge in [-0.1, -0.05) is 56.7 Å². The molecular formula is C32H43N3O2. The maximum Gasteiger partial charge on any atom is 0.227 e. The molecule has 1 amide bonds. The first-order valence-corrected chi connectivity index (χ1v) is 14.3. The Labute approximate surface area is 222 Å². The zero-order valence-corrected chi connectivity index (χ0v) is 22.7. The topological polar surface area (TPSA) is 48.6 Å². The summed E-state index contributed by atoms with van der Waals surface area (Å²) in [5.41, 5.74) is 3.83. The number of carbonyl (C=O) groups is 1. The van der Waals surface area contributed by atoms with Crippen molar-refractivity contribution in [2.24, 2.45) is 11.3 Å². The number of hydrogen-bond acceptors (Lipinski definition) is 3. The number of likely N-dealkylation sites (tertiary alicyclic amines) is 1. The molecule has 0 atom stereocenters. The minimum Gasteiger partial charge on any atom is -0.492 e. The molecule has 37 heavy (non-hydrogen) atoms. The number of aromatic nitrogens is 1. The van der Waals surface area contributed by atoms with Crippen molar-refractivity contribution in [2.45, 2.75) is 58.8 Å². The van der Waals surface area contributed by atoms with Crippen molar-refractivity contribution >= 4 is 16.8 Å². The van der Waals surface area contributed by atoms with Gasteiger partial charge in [-0.05, 0) is 66.7 Å². The number of para-hydroxylation sites is 2. The lowest BCUT2D eigenvalue weighted by atomic mass is 9.73. The Bertz CT molecular complexity index is 1180. The Morgan fingerprint density at radius 2 is 1.78 bits per heavy atom. The molecule has 198 valence electrons. The van der Waals surface area contributed by atoms with Crippen LogP contribution in [0.1, 0.15) is 57.1 Å². The largest absolute Gasteiger partial charge is 0.492 e. The highest BCUT2D eigenvalue weighted by atomic mass is 16.5. The van der Waals surface area contributed by atoms with Gasteiger partial charge in [-0.15, -0.1) is 0 Å². The first kappa shape index (κ1) is 25.8. The Hall–Kier alpha value is -2.79. The molecule has 3 aromatic rings. The van der Waals surface area contributed by atoms with Gasteiger partial charge in [0.15, 0.2) is 0 Å². The number of rotatable bonds is 4. The predicted octanol–water partition coefficient (Wildman–Crippen LogP) is 6.08. The van der Waals surface area contributed by atoms with Crippen molar-refractivity contribution in [3.63, 3.8) is 0 Å². The summed E-state index contributed by atoms with van der Waals surface area (Å²) in [6.45, 7) is 10.3. The summed E-state index contributed by atoms with van der Waals surface area (Å²) in [5.74, 6) is 1.94. The number of piperidine rings is 1. The van der Waals surface area contributed by atoms with Gasteiger partial charge < -0.3 is 14.6 Å². The molecule has 2 aromatic carbocycles. The van der Waals surface area contributed by atoms with Crippen LogP contribution in [0.4, 0.5) is 0 Å². The van der Waals surface area contributed by atoms with E-state index in [-0.39, 0.29) is 11.3 Å². The Morgan fingerprint density at radius 3 is 2.62 bits per heavy atom. The third kappa shape index (κ3) is 6.38. The standard InChI is InChI=1S/C32H43N3O2/c1-25(2)23-34-19-20-37-30-13-6-3-9-26(30)10-7-8-14-32(24-34)15-17-35(18-16-32)31(36)21-27-22-33-29-12-5-4-11-28(27)29/h3-6,9,11-13,22,25,33H,7-8,10,14-21,23-24H2,1-2H3. The second-order valence-electron chi connectivity index (χ2n) is 11.7. The number of nitrogens with zero attached hydrogens (tertiary/aromatic N) is 2. The van der Waals surface area contributed by atoms with Gasteiger partial charge in [-0.2, -0.15) is 0 Å². The van der Waals surface area contributed by atoms with E-state index >= 15 is 0 Å². The quantitative estimate of drug-likeness (QED) is 0.471. The third-order valence-corrected chi connectivity index (χ3v) is 8.42. The number of aromatic amines is 1. The maximum absolute atomic E-state index is 13.3. The summed E-state index contributed by atoms with van der Waals surface area (Å²) < 4.78 is 6.28. The van der Waals surface area contributed by atoms with Gasteiger partial charge >= 0.3 is 0 Å². The lowest BCUT2D eigenvalue weighted by molar-refractivity contribution is -0.133. The van der Waals surface area contributed by atoms with Gasteiger partial charge in [-0.3, -0.25) is 9.69 Å². The molecule has 1 saturated heterocycles. The molecule has 2 aliphatic rings. The van der Waals surface area contributed by atoms with Crippen molar-refractivity contribution in [1.29, 1.82) is 0 Å². The first-order valence-electron chi connectivity index (χ1n) is 14.3. The van der Waals surface area contributed by atoms with Crippen LogP contribution < -0.4 is 4.74 Å². The number of aryl methyl sites for hydroxylation is 1. The Balaban J connectivity index is 1.25. The average molecular weight is 502 g/mol. The van der Waals surface area contributed by atoms with E-state index in [0.717, 1.165) is 80.8 Å². The zero-order valence-electron chi connectivity index (χ0n) is 22.7. The van der Waals surface area contributed by atoms with Crippen LogP contribution in [0.15, 0.2) is 54.7 Å². The van der Waals surface area contributed by atoms with Crippen molar-refractivity contribution in [2.75, 3.05) is 39.3 Å². The van der Waals surface area contributed by atoms with Gasteiger partial charge in [0.25, 0.3) is 0 Å². The van der Waals surface area contributed by atoms with Crippen molar-refractivity contribution < 1.29 is 9.53 Å². The van der Waals surface area contributed by atoms with Gasteiger partial charge in [0.1, 0.15) is 12.4 Å². The van der Waals surface area contributed by atoms with E-state index in [1.807, 2.05) is 18.3 Å². The van der Waals surface area contributed by atoms with Crippen LogP contribution >= 0.6 is 0 Å². The van der Waals surface area contributed by atoms with E-state index in [0.29, 0.717) is 12.3 Å². The number of carbonyl (C=O) groups excluding carboxylic acids is 1. The summed E-state index contributed by atoms with van der Waals surface area (Å²) in [6, 6.07) is 16.8. The summed E-state index contributed by atoms with van der Waals surface area (Å²) in [6.07, 6.45) is 9.42. The Kier molecular flexibility index (Phi) is 8.19. The minimum absolute atomic E-state index is 0.261. The predicted molar refractivity (Wildman–Crippen MR) is 151 cm³/mol. The average Bonchev–Trinajstić information content (AvgIpc) is 3.29. The number of H-pyrrole nitrogens is 1. The normalized spacial score (nSPS) is 19.3. The molecule has 0 bridgehead atoms. The zero-order chi connectivity index (χ0) is 25.7. The summed E-state index contributed by atoms with van der Waals surface area (Å²) in [5, 5.41) is 1.16. The van der Waals surface area contributed by atoms with Crippen molar-refractivity contribution in [1.82, 2.24) is 14.8 Å². The van der Waals surface area contributed by atoms with E-state index in [4.69, 9.17) is 4.74 Å². The second-order valence-corrected chi connectivity index (χ2v) is 11.7. The molecule has 1 aromatic heterocycles. The number of fused-ring (bicyclic) bond motifs is 2.